The van der Waals surface area contributed by atoms with Gasteiger partial charge in [0.2, 0.25) is 0 Å². The van der Waals surface area contributed by atoms with E-state index in [0.29, 0.717) is 0 Å². The molecule has 118 valence electrons. The van der Waals surface area contributed by atoms with Crippen molar-refractivity contribution in [2.75, 3.05) is 7.11 Å². The van der Waals surface area contributed by atoms with Gasteiger partial charge in [0.1, 0.15) is 5.69 Å². The van der Waals surface area contributed by atoms with Crippen LogP contribution in [0.1, 0.15) is 11.4 Å². The molecule has 0 unspecified atom stereocenters. The molecule has 4 nitrogen and oxygen atoms in total. The van der Waals surface area contributed by atoms with Crippen molar-refractivity contribution in [3.05, 3.63) is 23.3 Å². The number of esters is 1. The van der Waals surface area contributed by atoms with Crippen molar-refractivity contribution in [1.82, 2.24) is 4.98 Å². The molecule has 1 rings (SSSR count). The van der Waals surface area contributed by atoms with Gasteiger partial charge in [0, 0.05) is 6.07 Å². The van der Waals surface area contributed by atoms with E-state index >= 15 is 0 Å². The highest BCUT2D eigenvalue weighted by molar-refractivity contribution is 5.72. The van der Waals surface area contributed by atoms with Crippen molar-refractivity contribution in [1.29, 1.82) is 0 Å². The van der Waals surface area contributed by atoms with Crippen LogP contribution in [-0.4, -0.2) is 24.4 Å². The fourth-order valence-electron chi connectivity index (χ4n) is 1.25. The molecule has 0 aromatic carbocycles. The highest BCUT2D eigenvalue weighted by Gasteiger charge is 2.38. The third-order valence-electron chi connectivity index (χ3n) is 2.05. The maximum Gasteiger partial charge on any atom is 0.573 e. The van der Waals surface area contributed by atoms with E-state index in [1.54, 1.807) is 0 Å². The molecule has 1 heterocycles. The normalized spacial score (nSPS) is 12.2. The molecular formula is C10H6F7NO3. The van der Waals surface area contributed by atoms with Gasteiger partial charge >= 0.3 is 18.5 Å². The molecule has 0 saturated carbocycles. The number of alkyl halides is 6. The number of hydrogen-bond donors (Lipinski definition) is 0. The summed E-state index contributed by atoms with van der Waals surface area (Å²) in [6, 6.07) is -0.262. The minimum absolute atomic E-state index is 0.262. The Kier molecular flexibility index (Phi) is 4.64. The van der Waals surface area contributed by atoms with Gasteiger partial charge in [-0.3, -0.25) is 4.79 Å². The minimum atomic E-state index is -5.37. The fraction of sp³-hybridized carbons (Fsp3) is 0.400. The quantitative estimate of drug-likeness (QED) is 0.634. The SMILES string of the molecule is COC(=O)Cc1nc(C(F)(F)F)cc(F)c1OC(F)(F)F. The van der Waals surface area contributed by atoms with Crippen LogP contribution in [0.3, 0.4) is 0 Å². The Hall–Kier alpha value is -2.07. The number of halogens is 7. The highest BCUT2D eigenvalue weighted by Crippen LogP contribution is 2.34. The molecule has 11 heteroatoms. The molecule has 0 radical (unpaired) electrons. The number of hydrogen-bond acceptors (Lipinski definition) is 4. The Morgan fingerprint density at radius 1 is 1.24 bits per heavy atom. The molecule has 0 amide bonds. The summed E-state index contributed by atoms with van der Waals surface area (Å²) < 4.78 is 94.3. The van der Waals surface area contributed by atoms with Gasteiger partial charge in [-0.05, 0) is 0 Å². The van der Waals surface area contributed by atoms with Gasteiger partial charge < -0.3 is 9.47 Å². The summed E-state index contributed by atoms with van der Waals surface area (Å²) >= 11 is 0. The molecule has 0 atom stereocenters. The number of rotatable bonds is 3. The lowest BCUT2D eigenvalue weighted by atomic mass is 10.2. The van der Waals surface area contributed by atoms with Crippen molar-refractivity contribution >= 4 is 5.97 Å². The fourth-order valence-corrected chi connectivity index (χ4v) is 1.25. The zero-order valence-corrected chi connectivity index (χ0v) is 10.1. The monoisotopic (exact) mass is 321 g/mol. The lowest BCUT2D eigenvalue weighted by Gasteiger charge is -2.15. The summed E-state index contributed by atoms with van der Waals surface area (Å²) in [4.78, 5) is 13.8. The summed E-state index contributed by atoms with van der Waals surface area (Å²) in [6.45, 7) is 0. The van der Waals surface area contributed by atoms with Crippen molar-refractivity contribution in [2.24, 2.45) is 0 Å². The van der Waals surface area contributed by atoms with Gasteiger partial charge in [-0.2, -0.15) is 13.2 Å². The van der Waals surface area contributed by atoms with Gasteiger partial charge in [-0.15, -0.1) is 13.2 Å². The van der Waals surface area contributed by atoms with Crippen LogP contribution >= 0.6 is 0 Å². The van der Waals surface area contributed by atoms with Crippen LogP contribution in [0, 0.1) is 5.82 Å². The Labute approximate surface area is 112 Å². The smallest absolute Gasteiger partial charge is 0.469 e. The van der Waals surface area contributed by atoms with Crippen molar-refractivity contribution < 1.29 is 45.0 Å². The van der Waals surface area contributed by atoms with E-state index in [1.165, 1.54) is 0 Å². The van der Waals surface area contributed by atoms with Crippen molar-refractivity contribution in [3.8, 4) is 5.75 Å². The predicted octanol–water partition coefficient (Wildman–Crippen LogP) is 2.85. The third-order valence-corrected chi connectivity index (χ3v) is 2.05. The molecule has 1 aromatic rings. The molecule has 0 aliphatic carbocycles. The second-order valence-electron chi connectivity index (χ2n) is 3.56. The summed E-state index contributed by atoms with van der Waals surface area (Å²) in [7, 11) is 0.844. The maximum atomic E-state index is 13.4. The Balaban J connectivity index is 3.37. The Morgan fingerprint density at radius 3 is 2.24 bits per heavy atom. The van der Waals surface area contributed by atoms with Gasteiger partial charge in [-0.1, -0.05) is 0 Å². The first-order chi connectivity index (χ1) is 9.44. The molecule has 0 spiro atoms. The van der Waals surface area contributed by atoms with E-state index in [1.807, 2.05) is 0 Å². The highest BCUT2D eigenvalue weighted by atomic mass is 19.4. The van der Waals surface area contributed by atoms with Gasteiger partial charge in [0.15, 0.2) is 11.6 Å². The molecular weight excluding hydrogens is 315 g/mol. The maximum absolute atomic E-state index is 13.4. The number of nitrogens with zero attached hydrogens (tertiary/aromatic N) is 1. The van der Waals surface area contributed by atoms with Crippen molar-refractivity contribution in [2.45, 2.75) is 19.0 Å². The third kappa shape index (κ3) is 4.76. The van der Waals surface area contributed by atoms with Crippen molar-refractivity contribution in [3.63, 3.8) is 0 Å². The molecule has 0 aliphatic rings. The lowest BCUT2D eigenvalue weighted by molar-refractivity contribution is -0.276. The number of carbonyl (C=O) groups excluding carboxylic acids is 1. The summed E-state index contributed by atoms with van der Waals surface area (Å²) in [5, 5.41) is 0. The number of ether oxygens (including phenoxy) is 2. The van der Waals surface area contributed by atoms with Crippen LogP contribution in [0.25, 0.3) is 0 Å². The van der Waals surface area contributed by atoms with Gasteiger partial charge in [0.25, 0.3) is 0 Å². The molecule has 1 aromatic heterocycles. The number of aromatic nitrogens is 1. The summed E-state index contributed by atoms with van der Waals surface area (Å²) in [5.74, 6) is -4.78. The van der Waals surface area contributed by atoms with Gasteiger partial charge in [0.05, 0.1) is 19.2 Å². The average Bonchev–Trinajstić information content (AvgIpc) is 2.30. The molecule has 21 heavy (non-hydrogen) atoms. The van der Waals surface area contributed by atoms with E-state index in [9.17, 15) is 35.5 Å². The molecule has 0 fully saturated rings. The Bertz CT molecular complexity index is 539. The standard InChI is InChI=1S/C10H6F7NO3/c1-20-7(19)3-5-8(21-10(15,16)17)4(11)2-6(18-5)9(12,13)14/h2H,3H2,1H3. The minimum Gasteiger partial charge on any atom is -0.469 e. The molecule has 0 bridgehead atoms. The lowest BCUT2D eigenvalue weighted by Crippen LogP contribution is -2.22. The zero-order chi connectivity index (χ0) is 16.4. The second-order valence-corrected chi connectivity index (χ2v) is 3.56. The first kappa shape index (κ1) is 17.0. The first-order valence-electron chi connectivity index (χ1n) is 5.03. The topological polar surface area (TPSA) is 48.4 Å². The number of carbonyl (C=O) groups is 1. The van der Waals surface area contributed by atoms with E-state index in [2.05, 4.69) is 14.5 Å². The molecule has 0 saturated heterocycles. The van der Waals surface area contributed by atoms with Crippen LogP contribution in [-0.2, 0) is 22.1 Å². The van der Waals surface area contributed by atoms with Crippen LogP contribution < -0.4 is 4.74 Å². The average molecular weight is 321 g/mol. The van der Waals surface area contributed by atoms with E-state index in [0.717, 1.165) is 7.11 Å². The zero-order valence-electron chi connectivity index (χ0n) is 10.1. The second kappa shape index (κ2) is 5.74. The summed E-state index contributed by atoms with van der Waals surface area (Å²) in [5.41, 5.74) is -2.97. The Morgan fingerprint density at radius 2 is 1.81 bits per heavy atom. The van der Waals surface area contributed by atoms with Gasteiger partial charge in [-0.25, -0.2) is 9.37 Å². The van der Waals surface area contributed by atoms with Crippen LogP contribution in [0.5, 0.6) is 5.75 Å². The largest absolute Gasteiger partial charge is 0.573 e. The van der Waals surface area contributed by atoms with Crippen LogP contribution in [0.15, 0.2) is 6.07 Å². The van der Waals surface area contributed by atoms with E-state index in [4.69, 9.17) is 0 Å². The molecule has 0 aliphatic heterocycles. The number of pyridine rings is 1. The predicted molar refractivity (Wildman–Crippen MR) is 51.6 cm³/mol. The van der Waals surface area contributed by atoms with E-state index < -0.39 is 47.9 Å². The molecule has 0 N–H and O–H groups in total. The van der Waals surface area contributed by atoms with Crippen LogP contribution in [0.4, 0.5) is 30.7 Å². The number of methoxy groups -OCH3 is 1. The summed E-state index contributed by atoms with van der Waals surface area (Å²) in [6.07, 6.45) is -11.6. The first-order valence-corrected chi connectivity index (χ1v) is 5.03. The van der Waals surface area contributed by atoms with Crippen LogP contribution in [0.2, 0.25) is 0 Å². The van der Waals surface area contributed by atoms with E-state index in [-0.39, 0.29) is 6.07 Å².